The highest BCUT2D eigenvalue weighted by Gasteiger charge is 2.35. The van der Waals surface area contributed by atoms with Gasteiger partial charge in [0, 0.05) is 37.8 Å². The molecule has 1 heterocycles. The SMILES string of the molecule is CC(C)C(CNC(=O)OC(C)(C)C)NC1CCN(C2CC2)C1. The van der Waals surface area contributed by atoms with Crippen molar-refractivity contribution in [2.45, 2.75) is 77.6 Å². The van der Waals surface area contributed by atoms with Gasteiger partial charge in [-0.2, -0.15) is 0 Å². The Kier molecular flexibility index (Phi) is 5.72. The van der Waals surface area contributed by atoms with Crippen LogP contribution in [0.1, 0.15) is 53.9 Å². The number of carbonyl (C=O) groups is 1. The van der Waals surface area contributed by atoms with E-state index in [-0.39, 0.29) is 12.1 Å². The minimum atomic E-state index is -0.443. The summed E-state index contributed by atoms with van der Waals surface area (Å²) in [4.78, 5) is 14.4. The predicted molar refractivity (Wildman–Crippen MR) is 89.0 cm³/mol. The minimum absolute atomic E-state index is 0.289. The number of nitrogens with one attached hydrogen (secondary N) is 2. The summed E-state index contributed by atoms with van der Waals surface area (Å²) in [5.74, 6) is 0.477. The van der Waals surface area contributed by atoms with Gasteiger partial charge in [0.05, 0.1) is 0 Å². The molecule has 0 aromatic carbocycles. The highest BCUT2D eigenvalue weighted by Crippen LogP contribution is 2.30. The molecule has 0 aromatic heterocycles. The van der Waals surface area contributed by atoms with Gasteiger partial charge in [0.15, 0.2) is 0 Å². The summed E-state index contributed by atoms with van der Waals surface area (Å²) in [6.45, 7) is 13.0. The van der Waals surface area contributed by atoms with E-state index < -0.39 is 5.60 Å². The molecule has 2 aliphatic rings. The van der Waals surface area contributed by atoms with Crippen molar-refractivity contribution in [2.75, 3.05) is 19.6 Å². The van der Waals surface area contributed by atoms with Gasteiger partial charge in [-0.25, -0.2) is 4.79 Å². The Morgan fingerprint density at radius 3 is 2.50 bits per heavy atom. The van der Waals surface area contributed by atoms with Crippen LogP contribution in [0.25, 0.3) is 0 Å². The normalized spacial score (nSPS) is 24.5. The molecule has 2 atom stereocenters. The zero-order valence-electron chi connectivity index (χ0n) is 14.8. The predicted octanol–water partition coefficient (Wildman–Crippen LogP) is 2.36. The second kappa shape index (κ2) is 7.18. The van der Waals surface area contributed by atoms with Crippen molar-refractivity contribution in [1.82, 2.24) is 15.5 Å². The van der Waals surface area contributed by atoms with Crippen molar-refractivity contribution in [3.63, 3.8) is 0 Å². The first-order valence-electron chi connectivity index (χ1n) is 8.71. The summed E-state index contributed by atoms with van der Waals surface area (Å²) in [6, 6.07) is 1.69. The smallest absolute Gasteiger partial charge is 0.407 e. The molecule has 1 aliphatic heterocycles. The molecule has 1 aliphatic carbocycles. The Labute approximate surface area is 135 Å². The number of hydrogen-bond donors (Lipinski definition) is 2. The maximum absolute atomic E-state index is 11.8. The van der Waals surface area contributed by atoms with Crippen LogP contribution in [0.4, 0.5) is 4.79 Å². The lowest BCUT2D eigenvalue weighted by atomic mass is 10.0. The Morgan fingerprint density at radius 2 is 1.95 bits per heavy atom. The fourth-order valence-corrected chi connectivity index (χ4v) is 2.99. The maximum Gasteiger partial charge on any atom is 0.407 e. The molecular formula is C17H33N3O2. The topological polar surface area (TPSA) is 53.6 Å². The van der Waals surface area contributed by atoms with Crippen LogP contribution in [0, 0.1) is 5.92 Å². The molecule has 0 bridgehead atoms. The van der Waals surface area contributed by atoms with Gasteiger partial charge in [0.25, 0.3) is 0 Å². The zero-order valence-corrected chi connectivity index (χ0v) is 14.8. The Hall–Kier alpha value is -0.810. The third kappa shape index (κ3) is 5.76. The number of amides is 1. The quantitative estimate of drug-likeness (QED) is 0.791. The van der Waals surface area contributed by atoms with Crippen LogP contribution in [0.15, 0.2) is 0 Å². The number of carbonyl (C=O) groups excluding carboxylic acids is 1. The first kappa shape index (κ1) is 17.5. The van der Waals surface area contributed by atoms with E-state index in [9.17, 15) is 4.79 Å². The number of hydrogen-bond acceptors (Lipinski definition) is 4. The number of ether oxygens (including phenoxy) is 1. The third-order valence-corrected chi connectivity index (χ3v) is 4.40. The Bertz CT molecular complexity index is 375. The van der Waals surface area contributed by atoms with Crippen LogP contribution < -0.4 is 10.6 Å². The molecule has 128 valence electrons. The lowest BCUT2D eigenvalue weighted by molar-refractivity contribution is 0.0518. The summed E-state index contributed by atoms with van der Waals surface area (Å²) in [7, 11) is 0. The average Bonchev–Trinajstić information content (AvgIpc) is 3.12. The molecule has 1 amide bonds. The molecule has 1 saturated carbocycles. The summed E-state index contributed by atoms with van der Waals surface area (Å²) in [5, 5.41) is 6.64. The summed E-state index contributed by atoms with van der Waals surface area (Å²) < 4.78 is 5.31. The standard InChI is InChI=1S/C17H33N3O2/c1-12(2)15(10-18-16(21)22-17(3,4)5)19-13-8-9-20(11-13)14-6-7-14/h12-15,19H,6-11H2,1-5H3,(H,18,21). The van der Waals surface area contributed by atoms with Gasteiger partial charge in [-0.15, -0.1) is 0 Å². The number of alkyl carbamates (subject to hydrolysis) is 1. The van der Waals surface area contributed by atoms with E-state index in [0.29, 0.717) is 18.5 Å². The van der Waals surface area contributed by atoms with Crippen molar-refractivity contribution >= 4 is 6.09 Å². The molecule has 5 nitrogen and oxygen atoms in total. The second-order valence-electron chi connectivity index (χ2n) is 8.11. The lowest BCUT2D eigenvalue weighted by Gasteiger charge is -2.27. The second-order valence-corrected chi connectivity index (χ2v) is 8.11. The molecule has 22 heavy (non-hydrogen) atoms. The zero-order chi connectivity index (χ0) is 16.3. The molecule has 0 spiro atoms. The van der Waals surface area contributed by atoms with Gasteiger partial charge >= 0.3 is 6.09 Å². The molecule has 1 saturated heterocycles. The highest BCUT2D eigenvalue weighted by molar-refractivity contribution is 5.67. The lowest BCUT2D eigenvalue weighted by Crippen LogP contribution is -2.49. The van der Waals surface area contributed by atoms with Crippen molar-refractivity contribution in [3.05, 3.63) is 0 Å². The molecule has 5 heteroatoms. The van der Waals surface area contributed by atoms with Crippen LogP contribution in [-0.4, -0.2) is 54.4 Å². The van der Waals surface area contributed by atoms with Crippen molar-refractivity contribution in [1.29, 1.82) is 0 Å². The van der Waals surface area contributed by atoms with Crippen LogP contribution in [0.5, 0.6) is 0 Å². The molecule has 2 fully saturated rings. The van der Waals surface area contributed by atoms with Gasteiger partial charge in [-0.05, 0) is 46.0 Å². The van der Waals surface area contributed by atoms with Gasteiger partial charge < -0.3 is 15.4 Å². The van der Waals surface area contributed by atoms with Crippen LogP contribution in [0.2, 0.25) is 0 Å². The first-order chi connectivity index (χ1) is 10.2. The molecular weight excluding hydrogens is 278 g/mol. The Morgan fingerprint density at radius 1 is 1.27 bits per heavy atom. The molecule has 2 N–H and O–H groups in total. The van der Waals surface area contributed by atoms with Gasteiger partial charge in [0.1, 0.15) is 5.60 Å². The monoisotopic (exact) mass is 311 g/mol. The fraction of sp³-hybridized carbons (Fsp3) is 0.941. The first-order valence-corrected chi connectivity index (χ1v) is 8.71. The Balaban J connectivity index is 1.74. The summed E-state index contributed by atoms with van der Waals surface area (Å²) in [6.07, 6.45) is 3.64. The minimum Gasteiger partial charge on any atom is -0.444 e. The van der Waals surface area contributed by atoms with Crippen LogP contribution >= 0.6 is 0 Å². The van der Waals surface area contributed by atoms with Crippen molar-refractivity contribution in [2.24, 2.45) is 5.92 Å². The van der Waals surface area contributed by atoms with E-state index in [0.717, 1.165) is 12.6 Å². The average molecular weight is 311 g/mol. The molecule has 0 aromatic rings. The van der Waals surface area contributed by atoms with E-state index in [1.807, 2.05) is 20.8 Å². The van der Waals surface area contributed by atoms with Crippen molar-refractivity contribution < 1.29 is 9.53 Å². The van der Waals surface area contributed by atoms with Crippen molar-refractivity contribution in [3.8, 4) is 0 Å². The van der Waals surface area contributed by atoms with E-state index in [4.69, 9.17) is 4.74 Å². The van der Waals surface area contributed by atoms with E-state index in [2.05, 4.69) is 29.4 Å². The van der Waals surface area contributed by atoms with Crippen LogP contribution in [0.3, 0.4) is 0 Å². The van der Waals surface area contributed by atoms with Gasteiger partial charge in [-0.3, -0.25) is 4.90 Å². The number of likely N-dealkylation sites (tertiary alicyclic amines) is 1. The van der Waals surface area contributed by atoms with E-state index in [1.165, 1.54) is 25.8 Å². The highest BCUT2D eigenvalue weighted by atomic mass is 16.6. The van der Waals surface area contributed by atoms with E-state index >= 15 is 0 Å². The number of nitrogens with zero attached hydrogens (tertiary/aromatic N) is 1. The molecule has 2 unspecified atom stereocenters. The number of rotatable bonds is 6. The largest absolute Gasteiger partial charge is 0.444 e. The molecule has 2 rings (SSSR count). The molecule has 0 radical (unpaired) electrons. The van der Waals surface area contributed by atoms with Crippen LogP contribution in [-0.2, 0) is 4.74 Å². The maximum atomic E-state index is 11.8. The van der Waals surface area contributed by atoms with E-state index in [1.54, 1.807) is 0 Å². The third-order valence-electron chi connectivity index (χ3n) is 4.40. The fourth-order valence-electron chi connectivity index (χ4n) is 2.99. The summed E-state index contributed by atoms with van der Waals surface area (Å²) in [5.41, 5.74) is -0.443. The summed E-state index contributed by atoms with van der Waals surface area (Å²) >= 11 is 0. The van der Waals surface area contributed by atoms with Gasteiger partial charge in [-0.1, -0.05) is 13.8 Å². The van der Waals surface area contributed by atoms with Gasteiger partial charge in [0.2, 0.25) is 0 Å².